The van der Waals surface area contributed by atoms with E-state index >= 15 is 0 Å². The fourth-order valence-electron chi connectivity index (χ4n) is 3.18. The van der Waals surface area contributed by atoms with Gasteiger partial charge in [-0.2, -0.15) is 0 Å². The zero-order valence-corrected chi connectivity index (χ0v) is 14.3. The lowest BCUT2D eigenvalue weighted by Crippen LogP contribution is -2.40. The molecule has 7 nitrogen and oxygen atoms in total. The molecule has 1 saturated heterocycles. The topological polar surface area (TPSA) is 76.2 Å². The van der Waals surface area contributed by atoms with Gasteiger partial charge >= 0.3 is 0 Å². The van der Waals surface area contributed by atoms with E-state index < -0.39 is 6.10 Å². The molecule has 1 atom stereocenters. The van der Waals surface area contributed by atoms with Crippen LogP contribution in [0.5, 0.6) is 0 Å². The average Bonchev–Trinajstić information content (AvgIpc) is 3.17. The van der Waals surface area contributed by atoms with Gasteiger partial charge in [-0.15, -0.1) is 5.10 Å². The van der Waals surface area contributed by atoms with Gasteiger partial charge in [0.05, 0.1) is 18.7 Å². The molecule has 0 radical (unpaired) electrons. The van der Waals surface area contributed by atoms with E-state index in [4.69, 9.17) is 0 Å². The second-order valence-electron chi connectivity index (χ2n) is 6.73. The highest BCUT2D eigenvalue weighted by Crippen LogP contribution is 2.20. The molecule has 1 unspecified atom stereocenters. The first-order valence-corrected chi connectivity index (χ1v) is 8.48. The van der Waals surface area contributed by atoms with E-state index in [2.05, 4.69) is 10.3 Å². The maximum Gasteiger partial charge on any atom is 0.227 e. The molecule has 130 valence electrons. The molecule has 0 aliphatic carbocycles. The number of carbonyl (C=O) groups is 1. The number of rotatable bonds is 5. The standard InChI is InChI=1S/C17H25N5O2/c1-13(23)16-12-22(19-18-16)11-14-4-7-21(8-5-14)17(24)9-15-3-6-20(2)10-15/h3,6,10,12-14,23H,4-5,7-9,11H2,1-2H3. The molecule has 0 aromatic carbocycles. The van der Waals surface area contributed by atoms with Crippen LogP contribution < -0.4 is 0 Å². The molecule has 7 heteroatoms. The molecule has 0 bridgehead atoms. The van der Waals surface area contributed by atoms with Gasteiger partial charge < -0.3 is 14.6 Å². The molecule has 1 amide bonds. The van der Waals surface area contributed by atoms with Gasteiger partial charge in [0.1, 0.15) is 5.69 Å². The first kappa shape index (κ1) is 16.7. The van der Waals surface area contributed by atoms with Crippen molar-refractivity contribution in [1.82, 2.24) is 24.5 Å². The first-order valence-electron chi connectivity index (χ1n) is 8.48. The van der Waals surface area contributed by atoms with Crippen molar-refractivity contribution < 1.29 is 9.90 Å². The predicted molar refractivity (Wildman–Crippen MR) is 89.1 cm³/mol. The molecular weight excluding hydrogens is 306 g/mol. The summed E-state index contributed by atoms with van der Waals surface area (Å²) in [5.41, 5.74) is 1.67. The lowest BCUT2D eigenvalue weighted by atomic mass is 9.96. The highest BCUT2D eigenvalue weighted by atomic mass is 16.3. The molecule has 1 aliphatic heterocycles. The van der Waals surface area contributed by atoms with E-state index in [1.807, 2.05) is 35.0 Å². The Hall–Kier alpha value is -2.15. The number of carbonyl (C=O) groups excluding carboxylic acids is 1. The lowest BCUT2D eigenvalue weighted by molar-refractivity contribution is -0.131. The minimum Gasteiger partial charge on any atom is -0.387 e. The maximum atomic E-state index is 12.4. The Morgan fingerprint density at radius 2 is 2.12 bits per heavy atom. The molecule has 3 heterocycles. The van der Waals surface area contributed by atoms with Gasteiger partial charge in [-0.3, -0.25) is 9.48 Å². The molecule has 3 rings (SSSR count). The maximum absolute atomic E-state index is 12.4. The van der Waals surface area contributed by atoms with E-state index in [9.17, 15) is 9.90 Å². The smallest absolute Gasteiger partial charge is 0.227 e. The molecular formula is C17H25N5O2. The van der Waals surface area contributed by atoms with Crippen LogP contribution in [0, 0.1) is 5.92 Å². The Morgan fingerprint density at radius 1 is 1.38 bits per heavy atom. The Balaban J connectivity index is 1.47. The summed E-state index contributed by atoms with van der Waals surface area (Å²) in [5, 5.41) is 17.5. The largest absolute Gasteiger partial charge is 0.387 e. The summed E-state index contributed by atoms with van der Waals surface area (Å²) < 4.78 is 3.77. The minimum absolute atomic E-state index is 0.205. The van der Waals surface area contributed by atoms with Crippen molar-refractivity contribution in [1.29, 1.82) is 0 Å². The van der Waals surface area contributed by atoms with Crippen molar-refractivity contribution in [2.24, 2.45) is 13.0 Å². The zero-order valence-electron chi connectivity index (χ0n) is 14.3. The number of amides is 1. The van der Waals surface area contributed by atoms with Crippen LogP contribution in [0.25, 0.3) is 0 Å². The molecule has 1 fully saturated rings. The lowest BCUT2D eigenvalue weighted by Gasteiger charge is -2.32. The van der Waals surface area contributed by atoms with Crippen LogP contribution in [-0.2, 0) is 24.8 Å². The quantitative estimate of drug-likeness (QED) is 0.892. The fourth-order valence-corrected chi connectivity index (χ4v) is 3.18. The van der Waals surface area contributed by atoms with Crippen LogP contribution in [0.15, 0.2) is 24.7 Å². The highest BCUT2D eigenvalue weighted by molar-refractivity contribution is 5.78. The number of aliphatic hydroxyl groups excluding tert-OH is 1. The Bertz CT molecular complexity index is 683. The Kier molecular flexibility index (Phi) is 4.99. The molecule has 0 spiro atoms. The summed E-state index contributed by atoms with van der Waals surface area (Å²) >= 11 is 0. The number of aryl methyl sites for hydroxylation is 1. The van der Waals surface area contributed by atoms with Crippen LogP contribution in [0.3, 0.4) is 0 Å². The van der Waals surface area contributed by atoms with E-state index in [1.54, 1.807) is 17.8 Å². The number of hydrogen-bond acceptors (Lipinski definition) is 4. The van der Waals surface area contributed by atoms with Crippen LogP contribution in [0.1, 0.15) is 37.1 Å². The van der Waals surface area contributed by atoms with Crippen LogP contribution >= 0.6 is 0 Å². The predicted octanol–water partition coefficient (Wildman–Crippen LogP) is 1.15. The van der Waals surface area contributed by atoms with E-state index in [0.29, 0.717) is 18.0 Å². The van der Waals surface area contributed by atoms with Gasteiger partial charge in [0, 0.05) is 39.1 Å². The molecule has 1 aliphatic rings. The molecule has 24 heavy (non-hydrogen) atoms. The Labute approximate surface area is 141 Å². The number of aliphatic hydroxyl groups is 1. The summed E-state index contributed by atoms with van der Waals surface area (Å²) in [6.45, 7) is 4.08. The average molecular weight is 331 g/mol. The van der Waals surface area contributed by atoms with Gasteiger partial charge in [-0.05, 0) is 37.3 Å². The van der Waals surface area contributed by atoms with Gasteiger partial charge in [0.2, 0.25) is 5.91 Å². The summed E-state index contributed by atoms with van der Waals surface area (Å²) in [7, 11) is 1.96. The Morgan fingerprint density at radius 3 is 2.71 bits per heavy atom. The van der Waals surface area contributed by atoms with E-state index in [1.165, 1.54) is 0 Å². The number of hydrogen-bond donors (Lipinski definition) is 1. The normalized spacial score (nSPS) is 17.2. The third-order valence-electron chi connectivity index (χ3n) is 4.65. The zero-order chi connectivity index (χ0) is 17.1. The molecule has 2 aromatic heterocycles. The van der Waals surface area contributed by atoms with Gasteiger partial charge in [-0.25, -0.2) is 0 Å². The molecule has 1 N–H and O–H groups in total. The highest BCUT2D eigenvalue weighted by Gasteiger charge is 2.23. The van der Waals surface area contributed by atoms with Crippen LogP contribution in [-0.4, -0.2) is 48.6 Å². The number of aromatic nitrogens is 4. The van der Waals surface area contributed by atoms with Crippen molar-refractivity contribution in [3.05, 3.63) is 35.9 Å². The van der Waals surface area contributed by atoms with E-state index in [0.717, 1.165) is 38.0 Å². The van der Waals surface area contributed by atoms with Gasteiger partial charge in [0.25, 0.3) is 0 Å². The summed E-state index contributed by atoms with van der Waals surface area (Å²) in [6.07, 6.45) is 7.61. The second kappa shape index (κ2) is 7.17. The van der Waals surface area contributed by atoms with Crippen molar-refractivity contribution in [2.45, 2.75) is 38.8 Å². The van der Waals surface area contributed by atoms with Crippen LogP contribution in [0.4, 0.5) is 0 Å². The monoisotopic (exact) mass is 331 g/mol. The van der Waals surface area contributed by atoms with Crippen molar-refractivity contribution in [2.75, 3.05) is 13.1 Å². The number of likely N-dealkylation sites (tertiary alicyclic amines) is 1. The fraction of sp³-hybridized carbons (Fsp3) is 0.588. The summed E-state index contributed by atoms with van der Waals surface area (Å²) in [5.74, 6) is 0.700. The third kappa shape index (κ3) is 4.03. The number of nitrogens with zero attached hydrogens (tertiary/aromatic N) is 5. The van der Waals surface area contributed by atoms with Crippen molar-refractivity contribution >= 4 is 5.91 Å². The van der Waals surface area contributed by atoms with E-state index in [-0.39, 0.29) is 5.91 Å². The molecule has 2 aromatic rings. The number of piperidine rings is 1. The minimum atomic E-state index is -0.587. The van der Waals surface area contributed by atoms with Gasteiger partial charge in [-0.1, -0.05) is 5.21 Å². The molecule has 0 saturated carbocycles. The second-order valence-corrected chi connectivity index (χ2v) is 6.73. The van der Waals surface area contributed by atoms with Crippen molar-refractivity contribution in [3.8, 4) is 0 Å². The van der Waals surface area contributed by atoms with Crippen molar-refractivity contribution in [3.63, 3.8) is 0 Å². The summed E-state index contributed by atoms with van der Waals surface area (Å²) in [4.78, 5) is 14.3. The van der Waals surface area contributed by atoms with Crippen LogP contribution in [0.2, 0.25) is 0 Å². The summed E-state index contributed by atoms with van der Waals surface area (Å²) in [6, 6.07) is 2.00. The SMILES string of the molecule is CC(O)c1cn(CC2CCN(C(=O)Cc3ccn(C)c3)CC2)nn1. The van der Waals surface area contributed by atoms with Gasteiger partial charge in [0.15, 0.2) is 0 Å². The first-order chi connectivity index (χ1) is 11.5. The third-order valence-corrected chi connectivity index (χ3v) is 4.65.